The van der Waals surface area contributed by atoms with Crippen molar-refractivity contribution in [2.75, 3.05) is 13.1 Å². The second-order valence-electron chi connectivity index (χ2n) is 7.14. The topological polar surface area (TPSA) is 15.3 Å². The smallest absolute Gasteiger partial charge is 0.0328 e. The molecule has 2 saturated heterocycles. The average molecular weight is 286 g/mol. The van der Waals surface area contributed by atoms with Crippen molar-refractivity contribution >= 4 is 0 Å². The van der Waals surface area contributed by atoms with Crippen LogP contribution in [0.1, 0.15) is 60.9 Å². The average Bonchev–Trinajstić information content (AvgIpc) is 3.08. The normalized spacial score (nSPS) is 28.2. The van der Waals surface area contributed by atoms with E-state index in [-0.39, 0.29) is 0 Å². The molecule has 1 aromatic rings. The summed E-state index contributed by atoms with van der Waals surface area (Å²) in [5, 5.41) is 3.73. The standard InChI is InChI=1S/C19H30N2/c1-13-11-14(2)19(15(3)12-13)16(4)21-10-6-8-18(21)17-7-5-9-20-17/h11-12,16-18,20H,5-10H2,1-4H3. The molecule has 1 aromatic carbocycles. The first-order valence-electron chi connectivity index (χ1n) is 8.65. The van der Waals surface area contributed by atoms with Gasteiger partial charge < -0.3 is 5.32 Å². The van der Waals surface area contributed by atoms with Crippen LogP contribution in [0.5, 0.6) is 0 Å². The second kappa shape index (κ2) is 6.10. The van der Waals surface area contributed by atoms with E-state index in [2.05, 4.69) is 50.0 Å². The third-order valence-electron chi connectivity index (χ3n) is 5.56. The maximum absolute atomic E-state index is 3.73. The fourth-order valence-corrected chi connectivity index (χ4v) is 4.78. The molecule has 0 saturated carbocycles. The lowest BCUT2D eigenvalue weighted by Crippen LogP contribution is -2.45. The Labute approximate surface area is 129 Å². The zero-order chi connectivity index (χ0) is 15.0. The van der Waals surface area contributed by atoms with Gasteiger partial charge >= 0.3 is 0 Å². The number of hydrogen-bond donors (Lipinski definition) is 1. The van der Waals surface area contributed by atoms with Crippen LogP contribution in [0.3, 0.4) is 0 Å². The van der Waals surface area contributed by atoms with E-state index >= 15 is 0 Å². The van der Waals surface area contributed by atoms with Crippen molar-refractivity contribution in [1.29, 1.82) is 0 Å². The molecule has 1 N–H and O–H groups in total. The Balaban J connectivity index is 1.85. The van der Waals surface area contributed by atoms with E-state index in [0.717, 1.165) is 12.1 Å². The predicted molar refractivity (Wildman–Crippen MR) is 89.8 cm³/mol. The minimum Gasteiger partial charge on any atom is -0.312 e. The number of likely N-dealkylation sites (tertiary alicyclic amines) is 1. The van der Waals surface area contributed by atoms with Gasteiger partial charge in [0.1, 0.15) is 0 Å². The van der Waals surface area contributed by atoms with Crippen molar-refractivity contribution in [2.45, 2.75) is 71.5 Å². The highest BCUT2D eigenvalue weighted by Gasteiger charge is 2.36. The molecule has 0 aliphatic carbocycles. The van der Waals surface area contributed by atoms with Crippen LogP contribution in [0.2, 0.25) is 0 Å². The summed E-state index contributed by atoms with van der Waals surface area (Å²) in [6.07, 6.45) is 5.44. The lowest BCUT2D eigenvalue weighted by Gasteiger charge is -2.36. The maximum Gasteiger partial charge on any atom is 0.0328 e. The molecule has 0 aromatic heterocycles. The molecule has 0 spiro atoms. The van der Waals surface area contributed by atoms with Gasteiger partial charge in [-0.2, -0.15) is 0 Å². The van der Waals surface area contributed by atoms with Crippen molar-refractivity contribution in [1.82, 2.24) is 10.2 Å². The lowest BCUT2D eigenvalue weighted by molar-refractivity contribution is 0.162. The van der Waals surface area contributed by atoms with Gasteiger partial charge in [0.05, 0.1) is 0 Å². The third-order valence-corrected chi connectivity index (χ3v) is 5.56. The monoisotopic (exact) mass is 286 g/mol. The van der Waals surface area contributed by atoms with Crippen LogP contribution < -0.4 is 5.32 Å². The van der Waals surface area contributed by atoms with E-state index in [9.17, 15) is 0 Å². The van der Waals surface area contributed by atoms with Gasteiger partial charge in [-0.05, 0) is 83.2 Å². The van der Waals surface area contributed by atoms with Crippen LogP contribution in [0, 0.1) is 20.8 Å². The van der Waals surface area contributed by atoms with Gasteiger partial charge in [0, 0.05) is 18.1 Å². The second-order valence-corrected chi connectivity index (χ2v) is 7.14. The van der Waals surface area contributed by atoms with Crippen LogP contribution in [0.15, 0.2) is 12.1 Å². The highest BCUT2D eigenvalue weighted by atomic mass is 15.2. The summed E-state index contributed by atoms with van der Waals surface area (Å²) >= 11 is 0. The number of rotatable bonds is 3. The summed E-state index contributed by atoms with van der Waals surface area (Å²) < 4.78 is 0. The molecule has 2 heteroatoms. The fourth-order valence-electron chi connectivity index (χ4n) is 4.78. The zero-order valence-electron chi connectivity index (χ0n) is 14.1. The van der Waals surface area contributed by atoms with Gasteiger partial charge in [0.2, 0.25) is 0 Å². The quantitative estimate of drug-likeness (QED) is 0.907. The molecule has 2 fully saturated rings. The van der Waals surface area contributed by atoms with Gasteiger partial charge in [0.15, 0.2) is 0 Å². The Bertz CT molecular complexity index is 479. The van der Waals surface area contributed by atoms with E-state index in [1.807, 2.05) is 0 Å². The van der Waals surface area contributed by atoms with E-state index in [0.29, 0.717) is 6.04 Å². The molecular weight excluding hydrogens is 256 g/mol. The minimum absolute atomic E-state index is 0.542. The molecule has 116 valence electrons. The van der Waals surface area contributed by atoms with Gasteiger partial charge in [-0.3, -0.25) is 4.90 Å². The highest BCUT2D eigenvalue weighted by molar-refractivity contribution is 5.39. The largest absolute Gasteiger partial charge is 0.312 e. The SMILES string of the molecule is Cc1cc(C)c(C(C)N2CCCC2C2CCCN2)c(C)c1. The van der Waals surface area contributed by atoms with Crippen molar-refractivity contribution < 1.29 is 0 Å². The summed E-state index contributed by atoms with van der Waals surface area (Å²) in [5.74, 6) is 0. The highest BCUT2D eigenvalue weighted by Crippen LogP contribution is 2.35. The first kappa shape index (κ1) is 15.1. The zero-order valence-corrected chi connectivity index (χ0v) is 14.1. The lowest BCUT2D eigenvalue weighted by atomic mass is 9.93. The molecule has 2 aliphatic rings. The van der Waals surface area contributed by atoms with E-state index in [4.69, 9.17) is 0 Å². The van der Waals surface area contributed by atoms with Crippen molar-refractivity contribution in [3.8, 4) is 0 Å². The first-order valence-corrected chi connectivity index (χ1v) is 8.65. The number of nitrogens with zero attached hydrogens (tertiary/aromatic N) is 1. The summed E-state index contributed by atoms with van der Waals surface area (Å²) in [4.78, 5) is 2.77. The summed E-state index contributed by atoms with van der Waals surface area (Å²) in [7, 11) is 0. The Morgan fingerprint density at radius 3 is 2.43 bits per heavy atom. The molecule has 0 bridgehead atoms. The number of benzene rings is 1. The summed E-state index contributed by atoms with van der Waals surface area (Å²) in [6.45, 7) is 11.7. The maximum atomic E-state index is 3.73. The Morgan fingerprint density at radius 1 is 1.10 bits per heavy atom. The van der Waals surface area contributed by atoms with Crippen LogP contribution in [0.25, 0.3) is 0 Å². The molecule has 2 heterocycles. The van der Waals surface area contributed by atoms with Crippen LogP contribution in [0.4, 0.5) is 0 Å². The molecule has 3 atom stereocenters. The number of nitrogens with one attached hydrogen (secondary N) is 1. The number of hydrogen-bond acceptors (Lipinski definition) is 2. The van der Waals surface area contributed by atoms with Gasteiger partial charge in [0.25, 0.3) is 0 Å². The van der Waals surface area contributed by atoms with Crippen LogP contribution in [-0.4, -0.2) is 30.1 Å². The van der Waals surface area contributed by atoms with E-state index < -0.39 is 0 Å². The molecule has 21 heavy (non-hydrogen) atoms. The van der Waals surface area contributed by atoms with Gasteiger partial charge in [-0.25, -0.2) is 0 Å². The van der Waals surface area contributed by atoms with Crippen molar-refractivity contribution in [3.63, 3.8) is 0 Å². The molecule has 0 amide bonds. The Kier molecular flexibility index (Phi) is 4.37. The van der Waals surface area contributed by atoms with Gasteiger partial charge in [-0.15, -0.1) is 0 Å². The Hall–Kier alpha value is -0.860. The third kappa shape index (κ3) is 2.89. The molecule has 2 nitrogen and oxygen atoms in total. The fraction of sp³-hybridized carbons (Fsp3) is 0.684. The van der Waals surface area contributed by atoms with Crippen molar-refractivity contribution in [2.24, 2.45) is 0 Å². The minimum atomic E-state index is 0.542. The molecule has 2 aliphatic heterocycles. The van der Waals surface area contributed by atoms with Crippen LogP contribution >= 0.6 is 0 Å². The molecular formula is C19H30N2. The number of aryl methyl sites for hydroxylation is 3. The Morgan fingerprint density at radius 2 is 1.81 bits per heavy atom. The van der Waals surface area contributed by atoms with E-state index in [1.54, 1.807) is 5.56 Å². The predicted octanol–water partition coefficient (Wildman–Crippen LogP) is 3.89. The van der Waals surface area contributed by atoms with Gasteiger partial charge in [-0.1, -0.05) is 17.7 Å². The van der Waals surface area contributed by atoms with E-state index in [1.165, 1.54) is 55.5 Å². The molecule has 0 radical (unpaired) electrons. The molecule has 3 unspecified atom stereocenters. The van der Waals surface area contributed by atoms with Crippen LogP contribution in [-0.2, 0) is 0 Å². The van der Waals surface area contributed by atoms with Crippen molar-refractivity contribution in [3.05, 3.63) is 34.4 Å². The summed E-state index contributed by atoms with van der Waals surface area (Å²) in [5.41, 5.74) is 5.87. The molecule has 3 rings (SSSR count). The summed E-state index contributed by atoms with van der Waals surface area (Å²) in [6, 6.07) is 6.69. The first-order chi connectivity index (χ1) is 10.1.